The van der Waals surface area contributed by atoms with Crippen LogP contribution in [0.15, 0.2) is 23.1 Å². The van der Waals surface area contributed by atoms with Gasteiger partial charge in [0.25, 0.3) is 11.6 Å². The molecule has 6 nitrogen and oxygen atoms in total. The summed E-state index contributed by atoms with van der Waals surface area (Å²) < 4.78 is 0. The van der Waals surface area contributed by atoms with E-state index in [1.165, 1.54) is 17.8 Å². The lowest BCUT2D eigenvalue weighted by molar-refractivity contribution is -0.385. The molecule has 0 aliphatic carbocycles. The van der Waals surface area contributed by atoms with Gasteiger partial charge in [0.15, 0.2) is 0 Å². The lowest BCUT2D eigenvalue weighted by atomic mass is 9.99. The molecule has 1 aromatic rings. The summed E-state index contributed by atoms with van der Waals surface area (Å²) in [4.78, 5) is 23.6. The van der Waals surface area contributed by atoms with Crippen LogP contribution in [0.2, 0.25) is 0 Å². The van der Waals surface area contributed by atoms with Crippen LogP contribution in [-0.2, 0) is 0 Å². The molecule has 122 valence electrons. The lowest BCUT2D eigenvalue weighted by Gasteiger charge is -2.22. The molecule has 0 aromatic heterocycles. The summed E-state index contributed by atoms with van der Waals surface area (Å²) in [7, 11) is 0. The number of benzene rings is 1. The number of halogens is 1. The Hall–Kier alpha value is -1.31. The van der Waals surface area contributed by atoms with Gasteiger partial charge in [0.1, 0.15) is 5.56 Å². The first-order valence-electron chi connectivity index (χ1n) is 6.93. The number of rotatable bonds is 5. The molecular formula is C14H20ClN3O3S. The van der Waals surface area contributed by atoms with Crippen LogP contribution in [0.4, 0.5) is 5.69 Å². The molecule has 0 spiro atoms. The molecule has 1 saturated heterocycles. The third-order valence-electron chi connectivity index (χ3n) is 3.60. The number of nitrogens with zero attached hydrogens (tertiary/aromatic N) is 1. The van der Waals surface area contributed by atoms with Crippen LogP contribution in [0.3, 0.4) is 0 Å². The Labute approximate surface area is 140 Å². The topological polar surface area (TPSA) is 84.3 Å². The molecule has 1 aliphatic heterocycles. The predicted octanol–water partition coefficient (Wildman–Crippen LogP) is 2.47. The third-order valence-corrected chi connectivity index (χ3v) is 4.32. The van der Waals surface area contributed by atoms with E-state index < -0.39 is 4.92 Å². The molecule has 1 unspecified atom stereocenters. The van der Waals surface area contributed by atoms with E-state index in [9.17, 15) is 14.9 Å². The summed E-state index contributed by atoms with van der Waals surface area (Å²) in [5, 5.41) is 17.1. The maximum absolute atomic E-state index is 12.2. The minimum absolute atomic E-state index is 0. The Bertz CT molecular complexity index is 536. The molecule has 2 rings (SSSR count). The summed E-state index contributed by atoms with van der Waals surface area (Å²) >= 11 is 1.45. The van der Waals surface area contributed by atoms with Gasteiger partial charge in [-0.1, -0.05) is 0 Å². The van der Waals surface area contributed by atoms with Gasteiger partial charge in [-0.05, 0) is 50.2 Å². The Kier molecular flexibility index (Phi) is 7.64. The van der Waals surface area contributed by atoms with E-state index in [4.69, 9.17) is 0 Å². The van der Waals surface area contributed by atoms with Crippen molar-refractivity contribution in [2.45, 2.75) is 17.7 Å². The maximum Gasteiger partial charge on any atom is 0.282 e. The first-order chi connectivity index (χ1) is 10.1. The molecule has 0 saturated carbocycles. The quantitative estimate of drug-likeness (QED) is 0.486. The van der Waals surface area contributed by atoms with Crippen molar-refractivity contribution >= 4 is 35.8 Å². The maximum atomic E-state index is 12.2. The summed E-state index contributed by atoms with van der Waals surface area (Å²) in [6.45, 7) is 2.45. The van der Waals surface area contributed by atoms with Crippen molar-refractivity contribution in [1.82, 2.24) is 10.6 Å². The second-order valence-electron chi connectivity index (χ2n) is 5.06. The zero-order chi connectivity index (χ0) is 15.2. The fourth-order valence-corrected chi connectivity index (χ4v) is 2.85. The Morgan fingerprint density at radius 2 is 2.32 bits per heavy atom. The highest BCUT2D eigenvalue weighted by Gasteiger charge is 2.21. The van der Waals surface area contributed by atoms with Gasteiger partial charge in [-0.15, -0.1) is 24.2 Å². The number of carbonyl (C=O) groups is 1. The van der Waals surface area contributed by atoms with E-state index in [-0.39, 0.29) is 29.6 Å². The van der Waals surface area contributed by atoms with Crippen LogP contribution in [0.1, 0.15) is 23.2 Å². The first kappa shape index (κ1) is 18.7. The molecule has 1 aromatic carbocycles. The minimum atomic E-state index is -0.513. The highest BCUT2D eigenvalue weighted by molar-refractivity contribution is 7.98. The second kappa shape index (κ2) is 8.97. The van der Waals surface area contributed by atoms with Crippen LogP contribution >= 0.6 is 24.2 Å². The fourth-order valence-electron chi connectivity index (χ4n) is 2.41. The summed E-state index contributed by atoms with van der Waals surface area (Å²) in [5.41, 5.74) is -0.0114. The molecule has 1 aliphatic rings. The Morgan fingerprint density at radius 3 is 2.91 bits per heavy atom. The average molecular weight is 346 g/mol. The summed E-state index contributed by atoms with van der Waals surface area (Å²) in [6, 6.07) is 4.63. The molecule has 1 amide bonds. The third kappa shape index (κ3) is 4.86. The van der Waals surface area contributed by atoms with Crippen molar-refractivity contribution in [2.24, 2.45) is 5.92 Å². The SMILES string of the molecule is CSc1ccc([N+](=O)[O-])c(C(=O)NCC2CCCNC2)c1.Cl. The number of thioether (sulfide) groups is 1. The number of nitro groups is 1. The van der Waals surface area contributed by atoms with Crippen molar-refractivity contribution in [3.8, 4) is 0 Å². The van der Waals surface area contributed by atoms with Gasteiger partial charge in [-0.25, -0.2) is 0 Å². The van der Waals surface area contributed by atoms with Gasteiger partial charge in [-0.3, -0.25) is 14.9 Å². The van der Waals surface area contributed by atoms with Crippen LogP contribution in [0, 0.1) is 16.0 Å². The molecule has 0 radical (unpaired) electrons. The van der Waals surface area contributed by atoms with E-state index in [1.54, 1.807) is 12.1 Å². The normalized spacial score (nSPS) is 17.4. The largest absolute Gasteiger partial charge is 0.351 e. The molecule has 1 fully saturated rings. The van der Waals surface area contributed by atoms with Gasteiger partial charge in [-0.2, -0.15) is 0 Å². The number of hydrogen-bond donors (Lipinski definition) is 2. The van der Waals surface area contributed by atoms with Crippen molar-refractivity contribution in [3.05, 3.63) is 33.9 Å². The van der Waals surface area contributed by atoms with E-state index in [1.807, 2.05) is 6.26 Å². The van der Waals surface area contributed by atoms with Gasteiger partial charge in [0, 0.05) is 17.5 Å². The van der Waals surface area contributed by atoms with Crippen LogP contribution in [-0.4, -0.2) is 36.7 Å². The lowest BCUT2D eigenvalue weighted by Crippen LogP contribution is -2.38. The summed E-state index contributed by atoms with van der Waals surface area (Å²) in [5.74, 6) is 0.0219. The Morgan fingerprint density at radius 1 is 1.55 bits per heavy atom. The van der Waals surface area contributed by atoms with Crippen LogP contribution in [0.5, 0.6) is 0 Å². The number of piperidine rings is 1. The minimum Gasteiger partial charge on any atom is -0.351 e. The number of nitrogens with one attached hydrogen (secondary N) is 2. The average Bonchev–Trinajstić information content (AvgIpc) is 2.52. The first-order valence-corrected chi connectivity index (χ1v) is 8.15. The standard InChI is InChI=1S/C14H19N3O3S.ClH/c1-21-11-4-5-13(17(19)20)12(7-11)14(18)16-9-10-3-2-6-15-8-10;/h4-5,7,10,15H,2-3,6,8-9H2,1H3,(H,16,18);1H. The highest BCUT2D eigenvalue weighted by atomic mass is 35.5. The van der Waals surface area contributed by atoms with Crippen molar-refractivity contribution < 1.29 is 9.72 Å². The van der Waals surface area contributed by atoms with Gasteiger partial charge in [0.05, 0.1) is 4.92 Å². The fraction of sp³-hybridized carbons (Fsp3) is 0.500. The van der Waals surface area contributed by atoms with Gasteiger partial charge >= 0.3 is 0 Å². The molecule has 2 N–H and O–H groups in total. The predicted molar refractivity (Wildman–Crippen MR) is 90.1 cm³/mol. The van der Waals surface area contributed by atoms with Crippen molar-refractivity contribution in [3.63, 3.8) is 0 Å². The zero-order valence-electron chi connectivity index (χ0n) is 12.3. The van der Waals surface area contributed by atoms with E-state index in [0.29, 0.717) is 12.5 Å². The number of hydrogen-bond acceptors (Lipinski definition) is 5. The van der Waals surface area contributed by atoms with E-state index in [0.717, 1.165) is 30.8 Å². The van der Waals surface area contributed by atoms with Gasteiger partial charge < -0.3 is 10.6 Å². The van der Waals surface area contributed by atoms with E-state index in [2.05, 4.69) is 10.6 Å². The molecular weight excluding hydrogens is 326 g/mol. The monoisotopic (exact) mass is 345 g/mol. The number of nitro benzene ring substituents is 1. The smallest absolute Gasteiger partial charge is 0.282 e. The highest BCUT2D eigenvalue weighted by Crippen LogP contribution is 2.24. The van der Waals surface area contributed by atoms with Crippen LogP contribution in [0.25, 0.3) is 0 Å². The van der Waals surface area contributed by atoms with E-state index >= 15 is 0 Å². The van der Waals surface area contributed by atoms with Crippen LogP contribution < -0.4 is 10.6 Å². The molecule has 1 atom stereocenters. The van der Waals surface area contributed by atoms with Crippen molar-refractivity contribution in [2.75, 3.05) is 25.9 Å². The molecule has 0 bridgehead atoms. The number of amides is 1. The molecule has 8 heteroatoms. The molecule has 1 heterocycles. The number of carbonyl (C=O) groups excluding carboxylic acids is 1. The molecule has 22 heavy (non-hydrogen) atoms. The van der Waals surface area contributed by atoms with Gasteiger partial charge in [0.2, 0.25) is 0 Å². The Balaban J connectivity index is 0.00000242. The van der Waals surface area contributed by atoms with Crippen molar-refractivity contribution in [1.29, 1.82) is 0 Å². The second-order valence-corrected chi connectivity index (χ2v) is 5.94. The zero-order valence-corrected chi connectivity index (χ0v) is 14.0. The summed E-state index contributed by atoms with van der Waals surface area (Å²) in [6.07, 6.45) is 4.04.